The zero-order valence-electron chi connectivity index (χ0n) is 22.5. The number of aromatic carboxylic acids is 1. The lowest BCUT2D eigenvalue weighted by molar-refractivity contribution is -0.137. The average molecular weight is 580 g/mol. The molecule has 0 fully saturated rings. The van der Waals surface area contributed by atoms with Crippen molar-refractivity contribution >= 4 is 18.0 Å². The summed E-state index contributed by atoms with van der Waals surface area (Å²) in [6, 6.07) is 23.4. The van der Waals surface area contributed by atoms with Gasteiger partial charge in [-0.05, 0) is 59.5 Å². The quantitative estimate of drug-likeness (QED) is 0.229. The van der Waals surface area contributed by atoms with Gasteiger partial charge in [0.25, 0.3) is 0 Å². The molecule has 0 spiro atoms. The number of alkyl halides is 3. The molecule has 42 heavy (non-hydrogen) atoms. The maximum atomic E-state index is 12.7. The summed E-state index contributed by atoms with van der Waals surface area (Å²) in [5, 5.41) is 12.1. The predicted octanol–water partition coefficient (Wildman–Crippen LogP) is 6.17. The maximum Gasteiger partial charge on any atom is 0.416 e. The molecule has 1 atom stereocenters. The second kappa shape index (κ2) is 14.4. The zero-order chi connectivity index (χ0) is 30.7. The van der Waals surface area contributed by atoms with Crippen LogP contribution in [0.4, 0.5) is 18.0 Å². The standard InChI is InChI=1S/C24H20F3NO4.C7H8N2O/c1-15(16-10-12-18(13-11-16)24(25,26)27)32-23(31)28-14-17-6-2-3-7-19(17)20-8-4-5-9-21(20)22(29)30;8-7(10)5-6-3-1-2-4-9-6/h2-13,15H,14H2,1H3,(H,28,31)(H,29,30);1-4H,5H2,(H2,8,10). The van der Waals surface area contributed by atoms with E-state index in [-0.39, 0.29) is 24.4 Å². The largest absolute Gasteiger partial charge is 0.478 e. The Bertz CT molecular complexity index is 1510. The van der Waals surface area contributed by atoms with Crippen LogP contribution in [0.25, 0.3) is 11.1 Å². The molecule has 0 bridgehead atoms. The van der Waals surface area contributed by atoms with Crippen LogP contribution >= 0.6 is 0 Å². The molecule has 8 nitrogen and oxygen atoms in total. The van der Waals surface area contributed by atoms with E-state index in [1.54, 1.807) is 67.7 Å². The number of nitrogens with zero attached hydrogens (tertiary/aromatic N) is 1. The molecule has 1 heterocycles. The van der Waals surface area contributed by atoms with Crippen LogP contribution in [0.5, 0.6) is 0 Å². The number of nitrogens with two attached hydrogens (primary N) is 1. The molecule has 0 radical (unpaired) electrons. The van der Waals surface area contributed by atoms with Crippen molar-refractivity contribution in [1.29, 1.82) is 0 Å². The van der Waals surface area contributed by atoms with E-state index >= 15 is 0 Å². The van der Waals surface area contributed by atoms with E-state index in [0.717, 1.165) is 17.8 Å². The summed E-state index contributed by atoms with van der Waals surface area (Å²) < 4.78 is 43.3. The molecule has 4 aromatic rings. The van der Waals surface area contributed by atoms with E-state index in [9.17, 15) is 32.7 Å². The fourth-order valence-corrected chi connectivity index (χ4v) is 3.90. The number of benzene rings is 3. The summed E-state index contributed by atoms with van der Waals surface area (Å²) in [5.41, 5.74) is 7.29. The van der Waals surface area contributed by atoms with Gasteiger partial charge < -0.3 is 20.9 Å². The van der Waals surface area contributed by atoms with Gasteiger partial charge in [-0.15, -0.1) is 0 Å². The number of rotatable bonds is 8. The second-order valence-corrected chi connectivity index (χ2v) is 8.99. The summed E-state index contributed by atoms with van der Waals surface area (Å²) in [6.07, 6.45) is -4.09. The minimum Gasteiger partial charge on any atom is -0.478 e. The summed E-state index contributed by atoms with van der Waals surface area (Å²) in [6.45, 7) is 1.63. The number of aromatic nitrogens is 1. The fraction of sp³-hybridized carbons (Fsp3) is 0.161. The van der Waals surface area contributed by atoms with Crippen molar-refractivity contribution in [2.75, 3.05) is 0 Å². The highest BCUT2D eigenvalue weighted by Crippen LogP contribution is 2.30. The van der Waals surface area contributed by atoms with Gasteiger partial charge in [-0.1, -0.05) is 60.7 Å². The Kier molecular flexibility index (Phi) is 10.8. The van der Waals surface area contributed by atoms with Gasteiger partial charge in [0, 0.05) is 18.4 Å². The molecule has 2 amide bonds. The number of carbonyl (C=O) groups is 3. The number of primary amides is 1. The Balaban J connectivity index is 0.000000408. The molecule has 0 aliphatic rings. The minimum absolute atomic E-state index is 0.0721. The van der Waals surface area contributed by atoms with E-state index in [1.165, 1.54) is 18.2 Å². The Hall–Kier alpha value is -5.19. The first-order chi connectivity index (χ1) is 20.0. The maximum absolute atomic E-state index is 12.7. The molecule has 0 saturated heterocycles. The van der Waals surface area contributed by atoms with Gasteiger partial charge >= 0.3 is 18.2 Å². The zero-order valence-corrected chi connectivity index (χ0v) is 22.5. The molecule has 4 rings (SSSR count). The third-order valence-electron chi connectivity index (χ3n) is 5.96. The van der Waals surface area contributed by atoms with Gasteiger partial charge in [0.15, 0.2) is 0 Å². The molecule has 11 heteroatoms. The van der Waals surface area contributed by atoms with E-state index in [1.807, 2.05) is 6.07 Å². The lowest BCUT2D eigenvalue weighted by Crippen LogP contribution is -2.25. The van der Waals surface area contributed by atoms with Crippen LogP contribution in [0.1, 0.15) is 45.8 Å². The highest BCUT2D eigenvalue weighted by atomic mass is 19.4. The van der Waals surface area contributed by atoms with Crippen molar-refractivity contribution < 1.29 is 37.4 Å². The third kappa shape index (κ3) is 9.19. The molecule has 0 aliphatic carbocycles. The number of halogens is 3. The monoisotopic (exact) mass is 579 g/mol. The molecule has 1 aromatic heterocycles. The van der Waals surface area contributed by atoms with E-state index in [2.05, 4.69) is 10.3 Å². The van der Waals surface area contributed by atoms with E-state index < -0.39 is 29.9 Å². The van der Waals surface area contributed by atoms with Gasteiger partial charge in [0.1, 0.15) is 6.10 Å². The molecule has 3 aromatic carbocycles. The lowest BCUT2D eigenvalue weighted by Gasteiger charge is -2.16. The number of nitrogens with one attached hydrogen (secondary N) is 1. The number of carboxylic acids is 1. The van der Waals surface area contributed by atoms with Crippen molar-refractivity contribution in [1.82, 2.24) is 10.3 Å². The van der Waals surface area contributed by atoms with Crippen molar-refractivity contribution in [2.45, 2.75) is 32.2 Å². The number of pyridine rings is 1. The van der Waals surface area contributed by atoms with Crippen molar-refractivity contribution in [3.05, 3.63) is 125 Å². The van der Waals surface area contributed by atoms with Gasteiger partial charge in [0.05, 0.1) is 17.5 Å². The van der Waals surface area contributed by atoms with Crippen molar-refractivity contribution in [3.8, 4) is 11.1 Å². The van der Waals surface area contributed by atoms with Gasteiger partial charge in [0.2, 0.25) is 5.91 Å². The number of ether oxygens (including phenoxy) is 1. The smallest absolute Gasteiger partial charge is 0.416 e. The molecular formula is C31H28F3N3O5. The third-order valence-corrected chi connectivity index (χ3v) is 5.96. The molecule has 0 saturated carbocycles. The Morgan fingerprint density at radius 2 is 1.52 bits per heavy atom. The first kappa shape index (κ1) is 31.3. The lowest BCUT2D eigenvalue weighted by atomic mass is 9.95. The van der Waals surface area contributed by atoms with Crippen LogP contribution in [0.3, 0.4) is 0 Å². The van der Waals surface area contributed by atoms with Crippen LogP contribution in [-0.4, -0.2) is 28.1 Å². The summed E-state index contributed by atoms with van der Waals surface area (Å²) >= 11 is 0. The normalized spacial score (nSPS) is 11.4. The van der Waals surface area contributed by atoms with Crippen molar-refractivity contribution in [2.24, 2.45) is 5.73 Å². The van der Waals surface area contributed by atoms with Gasteiger partial charge in [-0.25, -0.2) is 9.59 Å². The molecule has 4 N–H and O–H groups in total. The van der Waals surface area contributed by atoms with Gasteiger partial charge in [-0.2, -0.15) is 13.2 Å². The molecule has 218 valence electrons. The number of carbonyl (C=O) groups excluding carboxylic acids is 2. The molecule has 1 unspecified atom stereocenters. The highest BCUT2D eigenvalue weighted by molar-refractivity contribution is 5.96. The van der Waals surface area contributed by atoms with Crippen LogP contribution in [0.2, 0.25) is 0 Å². The fourth-order valence-electron chi connectivity index (χ4n) is 3.90. The number of carboxylic acid groups (broad SMARTS) is 1. The summed E-state index contributed by atoms with van der Waals surface area (Å²) in [4.78, 5) is 38.1. The summed E-state index contributed by atoms with van der Waals surface area (Å²) in [7, 11) is 0. The Labute approximate surface area is 240 Å². The number of hydrogen-bond acceptors (Lipinski definition) is 5. The number of hydrogen-bond donors (Lipinski definition) is 3. The average Bonchev–Trinajstić information content (AvgIpc) is 2.96. The van der Waals surface area contributed by atoms with E-state index in [0.29, 0.717) is 22.3 Å². The van der Waals surface area contributed by atoms with E-state index in [4.69, 9.17) is 10.5 Å². The first-order valence-electron chi connectivity index (χ1n) is 12.7. The Morgan fingerprint density at radius 1 is 0.905 bits per heavy atom. The van der Waals surface area contributed by atoms with Crippen LogP contribution in [0.15, 0.2) is 97.2 Å². The molecular weight excluding hydrogens is 551 g/mol. The molecule has 0 aliphatic heterocycles. The Morgan fingerprint density at radius 3 is 2.12 bits per heavy atom. The predicted molar refractivity (Wildman–Crippen MR) is 149 cm³/mol. The SMILES string of the molecule is CC(OC(=O)NCc1ccccc1-c1ccccc1C(=O)O)c1ccc(C(F)(F)F)cc1.NC(=O)Cc1ccccn1. The van der Waals surface area contributed by atoms with Crippen molar-refractivity contribution in [3.63, 3.8) is 0 Å². The highest BCUT2D eigenvalue weighted by Gasteiger charge is 2.30. The van der Waals surface area contributed by atoms with Crippen LogP contribution < -0.4 is 11.1 Å². The first-order valence-corrected chi connectivity index (χ1v) is 12.7. The number of amides is 2. The minimum atomic E-state index is -4.44. The van der Waals surface area contributed by atoms with Crippen LogP contribution in [0, 0.1) is 0 Å². The second-order valence-electron chi connectivity index (χ2n) is 8.99. The van der Waals surface area contributed by atoms with Gasteiger partial charge in [-0.3, -0.25) is 9.78 Å². The summed E-state index contributed by atoms with van der Waals surface area (Å²) in [5.74, 6) is -1.41. The number of alkyl carbamates (subject to hydrolysis) is 1. The van der Waals surface area contributed by atoms with Crippen LogP contribution in [-0.2, 0) is 28.7 Å². The topological polar surface area (TPSA) is 132 Å².